The Morgan fingerprint density at radius 2 is 1.94 bits per heavy atom. The van der Waals surface area contributed by atoms with Gasteiger partial charge in [0, 0.05) is 23.2 Å². The minimum Gasteiger partial charge on any atom is -0.456 e. The van der Waals surface area contributed by atoms with Crippen LogP contribution in [0.4, 0.5) is 11.5 Å². The van der Waals surface area contributed by atoms with Crippen LogP contribution in [0.1, 0.15) is 5.56 Å². The van der Waals surface area contributed by atoms with Crippen LogP contribution in [0.15, 0.2) is 73.1 Å². The molecule has 0 spiro atoms. The molecule has 1 unspecified atom stereocenters. The van der Waals surface area contributed by atoms with Crippen LogP contribution in [0.25, 0.3) is 10.9 Å². The molecule has 34 heavy (non-hydrogen) atoms. The summed E-state index contributed by atoms with van der Waals surface area (Å²) in [7, 11) is 0. The molecule has 1 aromatic heterocycles. The van der Waals surface area contributed by atoms with E-state index in [4.69, 9.17) is 16.3 Å². The average Bonchev–Trinajstić information content (AvgIpc) is 2.86. The van der Waals surface area contributed by atoms with E-state index in [1.807, 2.05) is 60.7 Å². The number of halogens is 1. The number of ether oxygens (including phenoxy) is 1. The average molecular weight is 470 g/mol. The SMILES string of the molecule is O=C1CNC(C#Cc2ccc3ncnc(Nc4ccc(Oc5ccccc5)c(Cl)c4)c3c2)CN1. The van der Waals surface area contributed by atoms with E-state index in [1.54, 1.807) is 6.07 Å². The van der Waals surface area contributed by atoms with Crippen molar-refractivity contribution in [3.8, 4) is 23.3 Å². The van der Waals surface area contributed by atoms with Crippen LogP contribution < -0.4 is 20.7 Å². The number of aromatic nitrogens is 2. The summed E-state index contributed by atoms with van der Waals surface area (Å²) < 4.78 is 5.85. The van der Waals surface area contributed by atoms with Crippen LogP contribution >= 0.6 is 11.6 Å². The Bertz CT molecular complexity index is 1410. The number of anilines is 2. The number of fused-ring (bicyclic) bond motifs is 1. The molecule has 0 radical (unpaired) electrons. The molecule has 0 saturated carbocycles. The molecule has 4 aromatic rings. The molecule has 1 saturated heterocycles. The van der Waals surface area contributed by atoms with Crippen molar-refractivity contribution < 1.29 is 9.53 Å². The molecular weight excluding hydrogens is 450 g/mol. The van der Waals surface area contributed by atoms with Crippen LogP contribution in [0.5, 0.6) is 11.5 Å². The molecule has 168 valence electrons. The normalized spacial score (nSPS) is 15.2. The summed E-state index contributed by atoms with van der Waals surface area (Å²) in [5.41, 5.74) is 2.39. The monoisotopic (exact) mass is 469 g/mol. The van der Waals surface area contributed by atoms with Crippen LogP contribution in [0.3, 0.4) is 0 Å². The predicted octanol–water partition coefficient (Wildman–Crippen LogP) is 4.26. The molecule has 1 amide bonds. The van der Waals surface area contributed by atoms with E-state index in [1.165, 1.54) is 6.33 Å². The van der Waals surface area contributed by atoms with E-state index < -0.39 is 0 Å². The van der Waals surface area contributed by atoms with Gasteiger partial charge in [-0.25, -0.2) is 9.97 Å². The minimum absolute atomic E-state index is 0.0172. The molecule has 7 nitrogen and oxygen atoms in total. The third-order valence-electron chi connectivity index (χ3n) is 5.20. The third kappa shape index (κ3) is 5.09. The zero-order valence-electron chi connectivity index (χ0n) is 18.0. The molecule has 5 rings (SSSR count). The van der Waals surface area contributed by atoms with Crippen LogP contribution in [0.2, 0.25) is 5.02 Å². The highest BCUT2D eigenvalue weighted by Gasteiger charge is 2.14. The van der Waals surface area contributed by atoms with Gasteiger partial charge in [0.2, 0.25) is 5.91 Å². The van der Waals surface area contributed by atoms with Gasteiger partial charge in [0.1, 0.15) is 23.6 Å². The summed E-state index contributed by atoms with van der Waals surface area (Å²) in [5, 5.41) is 10.5. The molecule has 3 aromatic carbocycles. The van der Waals surface area contributed by atoms with Gasteiger partial charge in [0.25, 0.3) is 0 Å². The van der Waals surface area contributed by atoms with Crippen molar-refractivity contribution in [1.82, 2.24) is 20.6 Å². The highest BCUT2D eigenvalue weighted by Crippen LogP contribution is 2.33. The molecule has 1 aliphatic heterocycles. The number of carbonyl (C=O) groups excluding carboxylic acids is 1. The number of rotatable bonds is 4. The summed E-state index contributed by atoms with van der Waals surface area (Å²) in [5.74, 6) is 8.23. The fraction of sp³-hybridized carbons (Fsp3) is 0.115. The van der Waals surface area contributed by atoms with Crippen LogP contribution in [-0.2, 0) is 4.79 Å². The lowest BCUT2D eigenvalue weighted by molar-refractivity contribution is -0.121. The quantitative estimate of drug-likeness (QED) is 0.387. The molecule has 0 aliphatic carbocycles. The number of amides is 1. The van der Waals surface area contributed by atoms with Crippen molar-refractivity contribution in [3.63, 3.8) is 0 Å². The summed E-state index contributed by atoms with van der Waals surface area (Å²) in [6.07, 6.45) is 1.51. The lowest BCUT2D eigenvalue weighted by Gasteiger charge is -2.19. The number of hydrogen-bond acceptors (Lipinski definition) is 6. The van der Waals surface area contributed by atoms with Gasteiger partial charge in [-0.3, -0.25) is 10.1 Å². The fourth-order valence-corrected chi connectivity index (χ4v) is 3.71. The molecule has 2 heterocycles. The third-order valence-corrected chi connectivity index (χ3v) is 5.50. The van der Waals surface area contributed by atoms with E-state index in [-0.39, 0.29) is 18.5 Å². The predicted molar refractivity (Wildman–Crippen MR) is 132 cm³/mol. The first kappa shape index (κ1) is 21.7. The topological polar surface area (TPSA) is 88.2 Å². The first-order valence-corrected chi connectivity index (χ1v) is 11.1. The first-order chi connectivity index (χ1) is 16.6. The molecule has 3 N–H and O–H groups in total. The van der Waals surface area contributed by atoms with E-state index >= 15 is 0 Å². The summed E-state index contributed by atoms with van der Waals surface area (Å²) >= 11 is 6.46. The number of piperazine rings is 1. The maximum Gasteiger partial charge on any atom is 0.234 e. The van der Waals surface area contributed by atoms with Crippen molar-refractivity contribution in [2.45, 2.75) is 6.04 Å². The van der Waals surface area contributed by atoms with E-state index in [9.17, 15) is 4.79 Å². The van der Waals surface area contributed by atoms with Crippen molar-refractivity contribution >= 4 is 39.9 Å². The van der Waals surface area contributed by atoms with Gasteiger partial charge >= 0.3 is 0 Å². The molecule has 1 atom stereocenters. The van der Waals surface area contributed by atoms with Crippen LogP contribution in [-0.4, -0.2) is 35.0 Å². The Balaban J connectivity index is 1.37. The second kappa shape index (κ2) is 9.79. The first-order valence-electron chi connectivity index (χ1n) is 10.7. The minimum atomic E-state index is -0.0863. The highest BCUT2D eigenvalue weighted by atomic mass is 35.5. The number of nitrogens with one attached hydrogen (secondary N) is 3. The molecule has 1 aliphatic rings. The number of benzene rings is 3. The van der Waals surface area contributed by atoms with Crippen molar-refractivity contribution in [2.75, 3.05) is 18.4 Å². The zero-order chi connectivity index (χ0) is 23.3. The van der Waals surface area contributed by atoms with Gasteiger partial charge < -0.3 is 15.4 Å². The number of hydrogen-bond donors (Lipinski definition) is 3. The van der Waals surface area contributed by atoms with Crippen molar-refractivity contribution in [3.05, 3.63) is 83.6 Å². The molecule has 0 bridgehead atoms. The molecular formula is C26H20ClN5O2. The van der Waals surface area contributed by atoms with E-state index in [2.05, 4.69) is 37.8 Å². The smallest absolute Gasteiger partial charge is 0.234 e. The summed E-state index contributed by atoms with van der Waals surface area (Å²) in [6.45, 7) is 0.761. The van der Waals surface area contributed by atoms with Crippen molar-refractivity contribution in [1.29, 1.82) is 0 Å². The Labute approximate surface area is 201 Å². The van der Waals surface area contributed by atoms with Gasteiger partial charge in [-0.05, 0) is 48.5 Å². The second-order valence-electron chi connectivity index (χ2n) is 7.65. The van der Waals surface area contributed by atoms with Gasteiger partial charge in [0.15, 0.2) is 0 Å². The largest absolute Gasteiger partial charge is 0.456 e. The number of para-hydroxylation sites is 1. The lowest BCUT2D eigenvalue weighted by atomic mass is 10.1. The van der Waals surface area contributed by atoms with Gasteiger partial charge in [0.05, 0.1) is 23.1 Å². The maximum absolute atomic E-state index is 11.3. The second-order valence-corrected chi connectivity index (χ2v) is 8.05. The fourth-order valence-electron chi connectivity index (χ4n) is 3.49. The standard InChI is InChI=1S/C26H20ClN5O2/c27-22-13-18(9-11-24(22)34-20-4-2-1-3-5-20)32-26-21-12-17(7-10-23(21)30-16-31-26)6-8-19-14-29-25(33)15-28-19/h1-5,7,9-13,16,19,28H,14-15H2,(H,29,33)(H,30,31,32). The Kier molecular flexibility index (Phi) is 6.25. The lowest BCUT2D eigenvalue weighted by Crippen LogP contribution is -2.51. The van der Waals surface area contributed by atoms with Gasteiger partial charge in [-0.1, -0.05) is 41.6 Å². The summed E-state index contributed by atoms with van der Waals surface area (Å²) in [4.78, 5) is 20.1. The maximum atomic E-state index is 11.3. The highest BCUT2D eigenvalue weighted by molar-refractivity contribution is 6.32. The van der Waals surface area contributed by atoms with Crippen molar-refractivity contribution in [2.24, 2.45) is 0 Å². The van der Waals surface area contributed by atoms with Gasteiger partial charge in [-0.15, -0.1) is 0 Å². The Morgan fingerprint density at radius 3 is 2.74 bits per heavy atom. The molecule has 8 heteroatoms. The molecule has 1 fully saturated rings. The number of nitrogens with zero attached hydrogens (tertiary/aromatic N) is 2. The Hall–Kier alpha value is -4.12. The Morgan fingerprint density at radius 1 is 1.06 bits per heavy atom. The van der Waals surface area contributed by atoms with Crippen LogP contribution in [0, 0.1) is 11.8 Å². The summed E-state index contributed by atoms with van der Waals surface area (Å²) in [6, 6.07) is 20.6. The van der Waals surface area contributed by atoms with E-state index in [0.717, 1.165) is 22.2 Å². The van der Waals surface area contributed by atoms with Gasteiger partial charge in [-0.2, -0.15) is 0 Å². The number of carbonyl (C=O) groups is 1. The van der Waals surface area contributed by atoms with E-state index in [0.29, 0.717) is 28.9 Å². The zero-order valence-corrected chi connectivity index (χ0v) is 18.8.